The zero-order valence-corrected chi connectivity index (χ0v) is 11.4. The predicted octanol–water partition coefficient (Wildman–Crippen LogP) is 1.37. The van der Waals surface area contributed by atoms with Crippen LogP contribution in [0.5, 0.6) is 0 Å². The van der Waals surface area contributed by atoms with Gasteiger partial charge in [0.25, 0.3) is 0 Å². The van der Waals surface area contributed by atoms with E-state index in [9.17, 15) is 4.79 Å². The van der Waals surface area contributed by atoms with Crippen molar-refractivity contribution in [3.8, 4) is 0 Å². The average Bonchev–Trinajstić information content (AvgIpc) is 2.88. The highest BCUT2D eigenvalue weighted by molar-refractivity contribution is 9.11. The first-order valence-corrected chi connectivity index (χ1v) is 6.63. The molecule has 2 aromatic heterocycles. The van der Waals surface area contributed by atoms with E-state index in [0.29, 0.717) is 18.7 Å². The third kappa shape index (κ3) is 3.45. The van der Waals surface area contributed by atoms with Gasteiger partial charge in [-0.3, -0.25) is 4.79 Å². The number of nitrogens with two attached hydrogens (primary N) is 1. The summed E-state index contributed by atoms with van der Waals surface area (Å²) in [5.41, 5.74) is 6.11. The van der Waals surface area contributed by atoms with E-state index >= 15 is 0 Å². The van der Waals surface area contributed by atoms with E-state index in [1.807, 2.05) is 12.1 Å². The molecule has 2 rings (SSSR count). The molecule has 7 heteroatoms. The Morgan fingerprint density at radius 1 is 1.53 bits per heavy atom. The number of rotatable bonds is 5. The smallest absolute Gasteiger partial charge is 0.159 e. The minimum absolute atomic E-state index is 0.104. The van der Waals surface area contributed by atoms with E-state index in [2.05, 4.69) is 26.2 Å². The molecule has 5 nitrogen and oxygen atoms in total. The summed E-state index contributed by atoms with van der Waals surface area (Å²) in [6.07, 6.45) is 2.12. The van der Waals surface area contributed by atoms with Crippen molar-refractivity contribution >= 4 is 33.0 Å². The monoisotopic (exact) mass is 314 g/mol. The zero-order valence-electron chi connectivity index (χ0n) is 8.97. The molecule has 0 aliphatic heterocycles. The second kappa shape index (κ2) is 5.52. The van der Waals surface area contributed by atoms with E-state index in [1.54, 1.807) is 17.5 Å². The normalized spacial score (nSPS) is 10.7. The van der Waals surface area contributed by atoms with Gasteiger partial charge in [0, 0.05) is 17.8 Å². The molecule has 0 saturated carbocycles. The minimum Gasteiger partial charge on any atom is -0.325 e. The highest BCUT2D eigenvalue weighted by Gasteiger charge is 2.08. The Balaban J connectivity index is 1.93. The molecule has 17 heavy (non-hydrogen) atoms. The van der Waals surface area contributed by atoms with Gasteiger partial charge in [-0.25, -0.2) is 4.68 Å². The number of thiophene rings is 1. The molecule has 0 spiro atoms. The summed E-state index contributed by atoms with van der Waals surface area (Å²) in [7, 11) is 0. The summed E-state index contributed by atoms with van der Waals surface area (Å²) in [6.45, 7) is 0.578. The Labute approximate surface area is 111 Å². The number of hydrogen-bond acceptors (Lipinski definition) is 5. The molecule has 0 fully saturated rings. The topological polar surface area (TPSA) is 73.8 Å². The average molecular weight is 315 g/mol. The molecule has 0 atom stereocenters. The fraction of sp³-hybridized carbons (Fsp3) is 0.300. The molecular weight excluding hydrogens is 304 g/mol. The van der Waals surface area contributed by atoms with Gasteiger partial charge in [0.05, 0.1) is 15.7 Å². The molecule has 0 bridgehead atoms. The maximum atomic E-state index is 11.8. The molecule has 90 valence electrons. The van der Waals surface area contributed by atoms with Gasteiger partial charge in [0.2, 0.25) is 0 Å². The lowest BCUT2D eigenvalue weighted by Crippen LogP contribution is -2.12. The fourth-order valence-electron chi connectivity index (χ4n) is 1.39. The van der Waals surface area contributed by atoms with Crippen molar-refractivity contribution in [2.45, 2.75) is 19.5 Å². The molecule has 0 amide bonds. The van der Waals surface area contributed by atoms with Gasteiger partial charge in [-0.2, -0.15) is 0 Å². The number of Topliss-reactive ketones (excluding diaryl/α,β-unsaturated/α-hetero) is 1. The minimum atomic E-state index is 0.104. The maximum Gasteiger partial charge on any atom is 0.159 e. The standard InChI is InChI=1S/C10H11BrN4OS/c11-10-2-1-9(17-10)3-8(16)6-15-5-7(4-12)13-14-15/h1-2,5H,3-4,6,12H2. The summed E-state index contributed by atoms with van der Waals surface area (Å²) >= 11 is 4.93. The molecule has 2 aromatic rings. The molecule has 2 heterocycles. The first-order chi connectivity index (χ1) is 8.17. The Bertz CT molecular complexity index is 522. The Hall–Kier alpha value is -1.05. The first-order valence-electron chi connectivity index (χ1n) is 5.02. The van der Waals surface area contributed by atoms with Crippen LogP contribution in [0, 0.1) is 0 Å². The van der Waals surface area contributed by atoms with Crippen LogP contribution >= 0.6 is 27.3 Å². The van der Waals surface area contributed by atoms with Crippen LogP contribution in [0.15, 0.2) is 22.1 Å². The van der Waals surface area contributed by atoms with Crippen LogP contribution in [-0.4, -0.2) is 20.8 Å². The third-order valence-corrected chi connectivity index (χ3v) is 3.76. The summed E-state index contributed by atoms with van der Waals surface area (Å²) < 4.78 is 2.55. The van der Waals surface area contributed by atoms with Crippen LogP contribution in [0.1, 0.15) is 10.6 Å². The number of ketones is 1. The molecule has 0 aliphatic carbocycles. The molecule has 0 radical (unpaired) electrons. The first kappa shape index (κ1) is 12.4. The Morgan fingerprint density at radius 2 is 2.35 bits per heavy atom. The fourth-order valence-corrected chi connectivity index (χ4v) is 2.90. The lowest BCUT2D eigenvalue weighted by molar-refractivity contribution is -0.119. The van der Waals surface area contributed by atoms with Crippen molar-refractivity contribution in [1.82, 2.24) is 15.0 Å². The van der Waals surface area contributed by atoms with Crippen LogP contribution in [0.4, 0.5) is 0 Å². The Kier molecular flexibility index (Phi) is 4.03. The summed E-state index contributed by atoms with van der Waals surface area (Å²) in [6, 6.07) is 3.88. The summed E-state index contributed by atoms with van der Waals surface area (Å²) in [5, 5.41) is 7.66. The molecule has 0 unspecified atom stereocenters. The van der Waals surface area contributed by atoms with Gasteiger partial charge in [-0.05, 0) is 28.1 Å². The second-order valence-electron chi connectivity index (χ2n) is 3.53. The molecular formula is C10H11BrN4OS. The number of aromatic nitrogens is 3. The molecule has 0 aromatic carbocycles. The van der Waals surface area contributed by atoms with E-state index in [1.165, 1.54) is 4.68 Å². The van der Waals surface area contributed by atoms with Gasteiger partial charge in [-0.1, -0.05) is 5.21 Å². The summed E-state index contributed by atoms with van der Waals surface area (Å²) in [5.74, 6) is 0.104. The van der Waals surface area contributed by atoms with Crippen LogP contribution in [0.25, 0.3) is 0 Å². The largest absolute Gasteiger partial charge is 0.325 e. The van der Waals surface area contributed by atoms with Crippen molar-refractivity contribution < 1.29 is 4.79 Å². The number of carbonyl (C=O) groups excluding carboxylic acids is 1. The van der Waals surface area contributed by atoms with Gasteiger partial charge in [0.15, 0.2) is 5.78 Å². The van der Waals surface area contributed by atoms with Crippen LogP contribution in [-0.2, 0) is 24.3 Å². The summed E-state index contributed by atoms with van der Waals surface area (Å²) in [4.78, 5) is 12.8. The third-order valence-electron chi connectivity index (χ3n) is 2.13. The van der Waals surface area contributed by atoms with Crippen molar-refractivity contribution in [2.24, 2.45) is 5.73 Å². The van der Waals surface area contributed by atoms with Gasteiger partial charge >= 0.3 is 0 Å². The highest BCUT2D eigenvalue weighted by Crippen LogP contribution is 2.22. The molecule has 0 aliphatic rings. The second-order valence-corrected chi connectivity index (χ2v) is 6.08. The van der Waals surface area contributed by atoms with E-state index < -0.39 is 0 Å². The van der Waals surface area contributed by atoms with E-state index in [4.69, 9.17) is 5.73 Å². The number of carbonyl (C=O) groups is 1. The molecule has 0 saturated heterocycles. The van der Waals surface area contributed by atoms with Gasteiger partial charge in [0.1, 0.15) is 6.54 Å². The number of nitrogens with zero attached hydrogens (tertiary/aromatic N) is 3. The highest BCUT2D eigenvalue weighted by atomic mass is 79.9. The number of hydrogen-bond donors (Lipinski definition) is 1. The van der Waals surface area contributed by atoms with Crippen LogP contribution in [0.3, 0.4) is 0 Å². The predicted molar refractivity (Wildman–Crippen MR) is 68.6 cm³/mol. The Morgan fingerprint density at radius 3 is 2.94 bits per heavy atom. The zero-order chi connectivity index (χ0) is 12.3. The van der Waals surface area contributed by atoms with Crippen LogP contribution in [0.2, 0.25) is 0 Å². The SMILES string of the molecule is NCc1cn(CC(=O)Cc2ccc(Br)s2)nn1. The van der Waals surface area contributed by atoms with Crippen molar-refractivity contribution in [2.75, 3.05) is 0 Å². The van der Waals surface area contributed by atoms with E-state index in [-0.39, 0.29) is 12.3 Å². The van der Waals surface area contributed by atoms with Crippen molar-refractivity contribution in [3.05, 3.63) is 32.7 Å². The number of halogens is 1. The van der Waals surface area contributed by atoms with E-state index in [0.717, 1.165) is 8.66 Å². The lowest BCUT2D eigenvalue weighted by atomic mass is 10.2. The van der Waals surface area contributed by atoms with Crippen molar-refractivity contribution in [3.63, 3.8) is 0 Å². The lowest BCUT2D eigenvalue weighted by Gasteiger charge is -1.98. The van der Waals surface area contributed by atoms with Crippen molar-refractivity contribution in [1.29, 1.82) is 0 Å². The quantitative estimate of drug-likeness (QED) is 0.904. The van der Waals surface area contributed by atoms with Gasteiger partial charge in [-0.15, -0.1) is 16.4 Å². The van der Waals surface area contributed by atoms with Crippen LogP contribution < -0.4 is 5.73 Å². The maximum absolute atomic E-state index is 11.8. The van der Waals surface area contributed by atoms with Gasteiger partial charge < -0.3 is 5.73 Å². The molecule has 2 N–H and O–H groups in total.